The Morgan fingerprint density at radius 3 is 2.51 bits per heavy atom. The van der Waals surface area contributed by atoms with Gasteiger partial charge in [0.1, 0.15) is 5.02 Å². The molecule has 0 spiro atoms. The molecule has 2 aliphatic heterocycles. The molecule has 1 amide bonds. The quantitative estimate of drug-likeness (QED) is 0.415. The van der Waals surface area contributed by atoms with E-state index < -0.39 is 0 Å². The molecule has 4 heterocycles. The molecule has 3 aromatic rings. The first-order valence-corrected chi connectivity index (χ1v) is 13.3. The number of carbonyl (C=O) groups is 1. The summed E-state index contributed by atoms with van der Waals surface area (Å²) >= 11 is 6.31. The number of anilines is 4. The molecule has 0 bridgehead atoms. The molecule has 2 fully saturated rings. The zero-order valence-electron chi connectivity index (χ0n) is 21.9. The number of aromatic amines is 1. The number of hydrogen-bond donors (Lipinski definition) is 3. The molecule has 1 unspecified atom stereocenters. The Morgan fingerprint density at radius 1 is 1.05 bits per heavy atom. The minimum Gasteiger partial charge on any atom is -0.341 e. The highest BCUT2D eigenvalue weighted by Crippen LogP contribution is 2.35. The van der Waals surface area contributed by atoms with Crippen LogP contribution in [0.5, 0.6) is 0 Å². The maximum atomic E-state index is 13.0. The van der Waals surface area contributed by atoms with E-state index in [9.17, 15) is 4.79 Å². The highest BCUT2D eigenvalue weighted by molar-refractivity contribution is 6.32. The Balaban J connectivity index is 1.25. The van der Waals surface area contributed by atoms with Crippen LogP contribution in [0.1, 0.15) is 54.0 Å². The van der Waals surface area contributed by atoms with Gasteiger partial charge in [0, 0.05) is 30.5 Å². The Kier molecular flexibility index (Phi) is 7.35. The van der Waals surface area contributed by atoms with Crippen LogP contribution in [0.15, 0.2) is 24.4 Å². The van der Waals surface area contributed by atoms with E-state index in [0.717, 1.165) is 62.3 Å². The van der Waals surface area contributed by atoms with Crippen molar-refractivity contribution in [3.8, 4) is 0 Å². The van der Waals surface area contributed by atoms with Crippen LogP contribution in [-0.4, -0.2) is 68.6 Å². The Labute approximate surface area is 223 Å². The van der Waals surface area contributed by atoms with Crippen molar-refractivity contribution in [2.24, 2.45) is 0 Å². The van der Waals surface area contributed by atoms with Gasteiger partial charge in [0.15, 0.2) is 11.6 Å². The van der Waals surface area contributed by atoms with Gasteiger partial charge in [-0.05, 0) is 88.7 Å². The van der Waals surface area contributed by atoms with Gasteiger partial charge in [-0.3, -0.25) is 14.8 Å². The second-order valence-electron chi connectivity index (χ2n) is 10.3. The van der Waals surface area contributed by atoms with Gasteiger partial charge in [-0.15, -0.1) is 0 Å². The molecule has 2 aliphatic rings. The predicted octanol–water partition coefficient (Wildman–Crippen LogP) is 5.07. The number of amides is 1. The molecule has 0 saturated carbocycles. The van der Waals surface area contributed by atoms with E-state index in [1.165, 1.54) is 11.1 Å². The molecule has 3 N–H and O–H groups in total. The number of hydrogen-bond acceptors (Lipinski definition) is 7. The summed E-state index contributed by atoms with van der Waals surface area (Å²) in [6.45, 7) is 8.86. The van der Waals surface area contributed by atoms with E-state index in [4.69, 9.17) is 11.6 Å². The van der Waals surface area contributed by atoms with E-state index in [1.807, 2.05) is 13.0 Å². The molecule has 10 heteroatoms. The molecule has 0 aliphatic carbocycles. The largest absolute Gasteiger partial charge is 0.341 e. The number of nitrogens with zero attached hydrogens (tertiary/aromatic N) is 5. The fourth-order valence-corrected chi connectivity index (χ4v) is 5.63. The maximum absolute atomic E-state index is 13.0. The normalized spacial score (nSPS) is 18.8. The lowest BCUT2D eigenvalue weighted by Crippen LogP contribution is -2.47. The van der Waals surface area contributed by atoms with Crippen molar-refractivity contribution in [2.45, 2.75) is 58.4 Å². The summed E-state index contributed by atoms with van der Waals surface area (Å²) in [4.78, 5) is 26.2. The third-order valence-electron chi connectivity index (χ3n) is 7.61. The van der Waals surface area contributed by atoms with Crippen LogP contribution in [0, 0.1) is 20.8 Å². The fourth-order valence-electron chi connectivity index (χ4n) is 5.50. The number of nitrogens with one attached hydrogen (secondary N) is 3. The van der Waals surface area contributed by atoms with E-state index in [0.29, 0.717) is 34.4 Å². The Hall–Kier alpha value is -3.17. The number of piperidine rings is 1. The van der Waals surface area contributed by atoms with Gasteiger partial charge in [0.05, 0.1) is 12.2 Å². The van der Waals surface area contributed by atoms with Crippen LogP contribution in [0.2, 0.25) is 5.02 Å². The second-order valence-corrected chi connectivity index (χ2v) is 10.7. The van der Waals surface area contributed by atoms with Crippen LogP contribution < -0.4 is 10.6 Å². The van der Waals surface area contributed by atoms with Gasteiger partial charge in [-0.25, -0.2) is 4.98 Å². The first-order valence-electron chi connectivity index (χ1n) is 13.0. The molecule has 2 saturated heterocycles. The average Bonchev–Trinajstić information content (AvgIpc) is 3.50. The van der Waals surface area contributed by atoms with Crippen LogP contribution >= 0.6 is 11.6 Å². The number of likely N-dealkylation sites (tertiary alicyclic amines) is 2. The zero-order valence-corrected chi connectivity index (χ0v) is 22.7. The van der Waals surface area contributed by atoms with Crippen molar-refractivity contribution in [2.75, 3.05) is 37.3 Å². The van der Waals surface area contributed by atoms with Crippen LogP contribution in [0.3, 0.4) is 0 Å². The number of H-pyrrole nitrogens is 1. The lowest BCUT2D eigenvalue weighted by Gasteiger charge is -2.35. The number of aryl methyl sites for hydroxylation is 3. The Bertz CT molecular complexity index is 1280. The molecule has 1 aromatic carbocycles. The van der Waals surface area contributed by atoms with Gasteiger partial charge in [-0.1, -0.05) is 17.7 Å². The summed E-state index contributed by atoms with van der Waals surface area (Å²) in [5, 5.41) is 14.0. The molecule has 5 rings (SSSR count). The summed E-state index contributed by atoms with van der Waals surface area (Å²) in [5.41, 5.74) is 5.62. The predicted molar refractivity (Wildman–Crippen MR) is 147 cm³/mol. The van der Waals surface area contributed by atoms with Crippen molar-refractivity contribution >= 4 is 40.8 Å². The van der Waals surface area contributed by atoms with Crippen molar-refractivity contribution in [1.82, 2.24) is 30.0 Å². The summed E-state index contributed by atoms with van der Waals surface area (Å²) in [6.07, 6.45) is 5.67. The van der Waals surface area contributed by atoms with E-state index >= 15 is 0 Å². The van der Waals surface area contributed by atoms with Gasteiger partial charge in [-0.2, -0.15) is 10.1 Å². The van der Waals surface area contributed by atoms with Gasteiger partial charge in [0.25, 0.3) is 0 Å². The van der Waals surface area contributed by atoms with Gasteiger partial charge < -0.3 is 15.5 Å². The topological polar surface area (TPSA) is 102 Å². The summed E-state index contributed by atoms with van der Waals surface area (Å²) in [7, 11) is 2.07. The summed E-state index contributed by atoms with van der Waals surface area (Å²) in [5.74, 6) is 2.35. The number of halogens is 1. The van der Waals surface area contributed by atoms with E-state index in [2.05, 4.69) is 73.6 Å². The van der Waals surface area contributed by atoms with Crippen LogP contribution in [0.4, 0.5) is 23.3 Å². The minimum atomic E-state index is 0.0695. The van der Waals surface area contributed by atoms with Crippen molar-refractivity contribution in [3.63, 3.8) is 0 Å². The molecule has 2 aromatic heterocycles. The first kappa shape index (κ1) is 25.5. The van der Waals surface area contributed by atoms with Crippen molar-refractivity contribution in [3.05, 3.63) is 51.8 Å². The smallest absolute Gasteiger partial charge is 0.239 e. The molecule has 9 nitrogen and oxygen atoms in total. The zero-order chi connectivity index (χ0) is 26.1. The maximum Gasteiger partial charge on any atom is 0.239 e. The van der Waals surface area contributed by atoms with E-state index in [1.54, 1.807) is 6.20 Å². The number of benzene rings is 1. The standard InChI is InChI=1S/C27H35ClN8O/c1-16-13-22(30-27-29-15-21(28)25(32-27)31-24-14-18(3)33-34-24)17(2)12-20(16)19-7-10-36(11-8-19)26(37)23-6-5-9-35(23)4/h12-15,19,23H,5-11H2,1-4H3,(H3,29,30,31,32,33,34). The van der Waals surface area contributed by atoms with Crippen molar-refractivity contribution in [1.29, 1.82) is 0 Å². The van der Waals surface area contributed by atoms with Crippen LogP contribution in [0.25, 0.3) is 0 Å². The number of carbonyl (C=O) groups excluding carboxylic acids is 1. The second kappa shape index (κ2) is 10.7. The Morgan fingerprint density at radius 2 is 1.84 bits per heavy atom. The third kappa shape index (κ3) is 5.57. The minimum absolute atomic E-state index is 0.0695. The third-order valence-corrected chi connectivity index (χ3v) is 7.88. The average molecular weight is 523 g/mol. The molecule has 196 valence electrons. The lowest BCUT2D eigenvalue weighted by atomic mass is 9.85. The fraction of sp³-hybridized carbons (Fsp3) is 0.481. The number of rotatable bonds is 6. The first-order chi connectivity index (χ1) is 17.8. The molecular formula is C27H35ClN8O. The highest BCUT2D eigenvalue weighted by Gasteiger charge is 2.33. The summed E-state index contributed by atoms with van der Waals surface area (Å²) in [6, 6.07) is 6.38. The highest BCUT2D eigenvalue weighted by atomic mass is 35.5. The van der Waals surface area contributed by atoms with Gasteiger partial charge >= 0.3 is 0 Å². The van der Waals surface area contributed by atoms with Gasteiger partial charge in [0.2, 0.25) is 11.9 Å². The number of likely N-dealkylation sites (N-methyl/N-ethyl adjacent to an activating group) is 1. The number of aromatic nitrogens is 4. The molecule has 1 atom stereocenters. The monoisotopic (exact) mass is 522 g/mol. The molecule has 0 radical (unpaired) electrons. The SMILES string of the molecule is Cc1cc(Nc2nc(Nc3cc(C)c(C4CCN(C(=O)C5CCCN5C)CC4)cc3C)ncc2Cl)n[nH]1. The van der Waals surface area contributed by atoms with Crippen molar-refractivity contribution < 1.29 is 4.79 Å². The molecular weight excluding hydrogens is 488 g/mol. The molecule has 37 heavy (non-hydrogen) atoms. The van der Waals surface area contributed by atoms with Crippen LogP contribution in [-0.2, 0) is 4.79 Å². The lowest BCUT2D eigenvalue weighted by molar-refractivity contribution is -0.136. The van der Waals surface area contributed by atoms with E-state index in [-0.39, 0.29) is 6.04 Å². The summed E-state index contributed by atoms with van der Waals surface area (Å²) < 4.78 is 0.